The molecule has 0 saturated heterocycles. The van der Waals surface area contributed by atoms with Crippen LogP contribution in [0.3, 0.4) is 0 Å². The zero-order valence-corrected chi connectivity index (χ0v) is 12.7. The van der Waals surface area contributed by atoms with Crippen molar-refractivity contribution in [3.63, 3.8) is 0 Å². The summed E-state index contributed by atoms with van der Waals surface area (Å²) in [5.74, 6) is -0.515. The minimum Gasteiger partial charge on any atom is -0.479 e. The molecule has 0 bridgehead atoms. The maximum absolute atomic E-state index is 11.7. The molecule has 0 radical (unpaired) electrons. The number of amides is 1. The van der Waals surface area contributed by atoms with Crippen molar-refractivity contribution in [3.8, 4) is 5.75 Å². The van der Waals surface area contributed by atoms with E-state index in [0.29, 0.717) is 23.9 Å². The smallest absolute Gasteiger partial charge is 0.347 e. The van der Waals surface area contributed by atoms with Gasteiger partial charge in [-0.3, -0.25) is 4.79 Å². The van der Waals surface area contributed by atoms with Gasteiger partial charge in [-0.2, -0.15) is 0 Å². The molecule has 1 N–H and O–H groups in total. The normalized spacial score (nSPS) is 11.6. The SMILES string of the molecule is COCCNC(=O)COC(=O)[C@@H](C)Oc1ccc(Cl)cc1. The molecule has 1 rings (SSSR count). The largest absolute Gasteiger partial charge is 0.479 e. The van der Waals surface area contributed by atoms with Crippen LogP contribution in [-0.4, -0.2) is 44.8 Å². The van der Waals surface area contributed by atoms with Crippen LogP contribution in [0.25, 0.3) is 0 Å². The Hall–Kier alpha value is -1.79. The van der Waals surface area contributed by atoms with E-state index in [0.717, 1.165) is 0 Å². The van der Waals surface area contributed by atoms with Gasteiger partial charge in [-0.25, -0.2) is 4.79 Å². The monoisotopic (exact) mass is 315 g/mol. The Balaban J connectivity index is 2.30. The van der Waals surface area contributed by atoms with E-state index in [1.807, 2.05) is 0 Å². The molecule has 0 unspecified atom stereocenters. The summed E-state index contributed by atoms with van der Waals surface area (Å²) in [4.78, 5) is 23.0. The quantitative estimate of drug-likeness (QED) is 0.580. The Morgan fingerprint density at radius 1 is 1.29 bits per heavy atom. The molecule has 116 valence electrons. The van der Waals surface area contributed by atoms with Gasteiger partial charge in [-0.05, 0) is 31.2 Å². The number of nitrogens with one attached hydrogen (secondary N) is 1. The number of ether oxygens (including phenoxy) is 3. The maximum atomic E-state index is 11.7. The fourth-order valence-corrected chi connectivity index (χ4v) is 1.49. The second-order valence-electron chi connectivity index (χ2n) is 4.16. The van der Waals surface area contributed by atoms with Gasteiger partial charge in [0.25, 0.3) is 5.91 Å². The number of hydrogen-bond acceptors (Lipinski definition) is 5. The first kappa shape index (κ1) is 17.3. The number of benzene rings is 1. The lowest BCUT2D eigenvalue weighted by Crippen LogP contribution is -2.34. The molecular formula is C14H18ClNO5. The predicted octanol–water partition coefficient (Wildman–Crippen LogP) is 1.41. The minimum atomic E-state index is -0.821. The highest BCUT2D eigenvalue weighted by molar-refractivity contribution is 6.30. The number of hydrogen-bond donors (Lipinski definition) is 1. The van der Waals surface area contributed by atoms with Gasteiger partial charge in [-0.1, -0.05) is 11.6 Å². The summed E-state index contributed by atoms with van der Waals surface area (Å²) in [5, 5.41) is 3.11. The number of methoxy groups -OCH3 is 1. The number of esters is 1. The Morgan fingerprint density at radius 2 is 1.95 bits per heavy atom. The van der Waals surface area contributed by atoms with Crippen LogP contribution < -0.4 is 10.1 Å². The van der Waals surface area contributed by atoms with Crippen LogP contribution >= 0.6 is 11.6 Å². The lowest BCUT2D eigenvalue weighted by atomic mass is 10.3. The Bertz CT molecular complexity index is 463. The first-order valence-electron chi connectivity index (χ1n) is 6.37. The van der Waals surface area contributed by atoms with E-state index in [4.69, 9.17) is 25.8 Å². The summed E-state index contributed by atoms with van der Waals surface area (Å²) in [6.07, 6.45) is -0.821. The van der Waals surface area contributed by atoms with E-state index in [9.17, 15) is 9.59 Å². The maximum Gasteiger partial charge on any atom is 0.347 e. The first-order valence-corrected chi connectivity index (χ1v) is 6.75. The van der Waals surface area contributed by atoms with Crippen LogP contribution in [0, 0.1) is 0 Å². The highest BCUT2D eigenvalue weighted by atomic mass is 35.5. The average Bonchev–Trinajstić information content (AvgIpc) is 2.47. The van der Waals surface area contributed by atoms with E-state index in [2.05, 4.69) is 5.32 Å². The van der Waals surface area contributed by atoms with Crippen LogP contribution in [0.2, 0.25) is 5.02 Å². The summed E-state index contributed by atoms with van der Waals surface area (Å²) in [5.41, 5.74) is 0. The van der Waals surface area contributed by atoms with Gasteiger partial charge in [0.15, 0.2) is 12.7 Å². The zero-order chi connectivity index (χ0) is 15.7. The molecule has 0 saturated carbocycles. The number of carbonyl (C=O) groups is 2. The molecule has 0 spiro atoms. The highest BCUT2D eigenvalue weighted by Crippen LogP contribution is 2.16. The fraction of sp³-hybridized carbons (Fsp3) is 0.429. The Kier molecular flexibility index (Phi) is 7.56. The summed E-state index contributed by atoms with van der Waals surface area (Å²) in [7, 11) is 1.53. The topological polar surface area (TPSA) is 73.9 Å². The van der Waals surface area contributed by atoms with E-state index in [1.165, 1.54) is 7.11 Å². The van der Waals surface area contributed by atoms with E-state index < -0.39 is 12.1 Å². The molecule has 6 nitrogen and oxygen atoms in total. The van der Waals surface area contributed by atoms with Crippen LogP contribution in [0.1, 0.15) is 6.92 Å². The highest BCUT2D eigenvalue weighted by Gasteiger charge is 2.17. The summed E-state index contributed by atoms with van der Waals surface area (Å²) in [6.45, 7) is 1.95. The van der Waals surface area contributed by atoms with Gasteiger partial charge in [0.05, 0.1) is 6.61 Å². The third-order valence-electron chi connectivity index (χ3n) is 2.43. The molecule has 0 aromatic heterocycles. The minimum absolute atomic E-state index is 0.350. The molecule has 1 aromatic carbocycles. The molecule has 1 amide bonds. The van der Waals surface area contributed by atoms with Gasteiger partial charge in [0.1, 0.15) is 5.75 Å². The summed E-state index contributed by atoms with van der Waals surface area (Å²) >= 11 is 5.75. The third kappa shape index (κ3) is 6.97. The molecule has 0 aliphatic rings. The number of carbonyl (C=O) groups excluding carboxylic acids is 2. The lowest BCUT2D eigenvalue weighted by molar-refractivity contribution is -0.154. The average molecular weight is 316 g/mol. The molecule has 1 aromatic rings. The third-order valence-corrected chi connectivity index (χ3v) is 2.68. The molecule has 21 heavy (non-hydrogen) atoms. The lowest BCUT2D eigenvalue weighted by Gasteiger charge is -2.14. The van der Waals surface area contributed by atoms with E-state index >= 15 is 0 Å². The van der Waals surface area contributed by atoms with Crippen molar-refractivity contribution in [2.75, 3.05) is 26.9 Å². The van der Waals surface area contributed by atoms with Gasteiger partial charge in [0.2, 0.25) is 0 Å². The number of rotatable bonds is 8. The molecule has 0 aliphatic heterocycles. The van der Waals surface area contributed by atoms with E-state index in [-0.39, 0.29) is 12.5 Å². The van der Waals surface area contributed by atoms with Gasteiger partial charge >= 0.3 is 5.97 Å². The predicted molar refractivity (Wildman–Crippen MR) is 77.4 cm³/mol. The zero-order valence-electron chi connectivity index (χ0n) is 11.9. The van der Waals surface area contributed by atoms with Crippen LogP contribution in [-0.2, 0) is 19.1 Å². The second kappa shape index (κ2) is 9.20. The molecule has 7 heteroatoms. The standard InChI is InChI=1S/C14H18ClNO5/c1-10(21-12-5-3-11(15)4-6-12)14(18)20-9-13(17)16-7-8-19-2/h3-6,10H,7-9H2,1-2H3,(H,16,17)/t10-/m1/s1. The van der Waals surface area contributed by atoms with Crippen molar-refractivity contribution in [1.29, 1.82) is 0 Å². The molecular weight excluding hydrogens is 298 g/mol. The van der Waals surface area contributed by atoms with Crippen LogP contribution in [0.15, 0.2) is 24.3 Å². The molecule has 0 aliphatic carbocycles. The van der Waals surface area contributed by atoms with Crippen molar-refractivity contribution < 1.29 is 23.8 Å². The Morgan fingerprint density at radius 3 is 2.57 bits per heavy atom. The van der Waals surface area contributed by atoms with Crippen molar-refractivity contribution in [2.45, 2.75) is 13.0 Å². The van der Waals surface area contributed by atoms with Crippen molar-refractivity contribution in [3.05, 3.63) is 29.3 Å². The molecule has 1 atom stereocenters. The Labute approximate surface area is 128 Å². The fourth-order valence-electron chi connectivity index (χ4n) is 1.36. The number of halogens is 1. The second-order valence-corrected chi connectivity index (χ2v) is 4.60. The first-order chi connectivity index (χ1) is 10.0. The van der Waals surface area contributed by atoms with Gasteiger partial charge in [-0.15, -0.1) is 0 Å². The van der Waals surface area contributed by atoms with Crippen LogP contribution in [0.5, 0.6) is 5.75 Å². The van der Waals surface area contributed by atoms with Crippen molar-refractivity contribution in [1.82, 2.24) is 5.32 Å². The van der Waals surface area contributed by atoms with Crippen molar-refractivity contribution in [2.24, 2.45) is 0 Å². The summed E-state index contributed by atoms with van der Waals surface area (Å²) in [6, 6.07) is 6.59. The van der Waals surface area contributed by atoms with Gasteiger partial charge in [0, 0.05) is 18.7 Å². The van der Waals surface area contributed by atoms with Crippen LogP contribution in [0.4, 0.5) is 0 Å². The molecule has 0 fully saturated rings. The van der Waals surface area contributed by atoms with E-state index in [1.54, 1.807) is 31.2 Å². The van der Waals surface area contributed by atoms with Crippen molar-refractivity contribution >= 4 is 23.5 Å². The summed E-state index contributed by atoms with van der Waals surface area (Å²) < 4.78 is 15.0. The molecule has 0 heterocycles. The van der Waals surface area contributed by atoms with Gasteiger partial charge < -0.3 is 19.5 Å².